The van der Waals surface area contributed by atoms with Gasteiger partial charge in [-0.05, 0) is 42.9 Å². The largest absolute Gasteiger partial charge is 0.411 e. The predicted octanol–water partition coefficient (Wildman–Crippen LogP) is 3.39. The van der Waals surface area contributed by atoms with E-state index in [4.69, 9.17) is 5.21 Å². The van der Waals surface area contributed by atoms with Gasteiger partial charge in [-0.1, -0.05) is 35.0 Å². The lowest BCUT2D eigenvalue weighted by Crippen LogP contribution is -1.86. The molecule has 2 heteroatoms. The van der Waals surface area contributed by atoms with Gasteiger partial charge in [0.25, 0.3) is 0 Å². The van der Waals surface area contributed by atoms with Crippen LogP contribution < -0.4 is 0 Å². The highest BCUT2D eigenvalue weighted by molar-refractivity contribution is 5.92. The molecule has 1 aromatic carbocycles. The lowest BCUT2D eigenvalue weighted by atomic mass is 10.0. The van der Waals surface area contributed by atoms with Crippen molar-refractivity contribution in [3.8, 4) is 0 Å². The molecule has 1 aromatic rings. The molecule has 0 unspecified atom stereocenters. The monoisotopic (exact) mass is 201 g/mol. The fourth-order valence-corrected chi connectivity index (χ4v) is 2.06. The van der Waals surface area contributed by atoms with Gasteiger partial charge in [0.05, 0.1) is 6.21 Å². The van der Waals surface area contributed by atoms with Gasteiger partial charge >= 0.3 is 0 Å². The molecule has 0 saturated carbocycles. The number of hydrogen-bond donors (Lipinski definition) is 1. The van der Waals surface area contributed by atoms with E-state index in [1.54, 1.807) is 6.21 Å². The highest BCUT2D eigenvalue weighted by Gasteiger charge is 2.14. The maximum absolute atomic E-state index is 8.57. The summed E-state index contributed by atoms with van der Waals surface area (Å²) in [4.78, 5) is 0. The van der Waals surface area contributed by atoms with E-state index >= 15 is 0 Å². The number of benzene rings is 1. The molecule has 0 saturated heterocycles. The molecule has 0 aliphatic heterocycles. The Morgan fingerprint density at radius 2 is 1.93 bits per heavy atom. The molecule has 1 aliphatic carbocycles. The SMILES string of the molecule is Cc1ccc(C2=C(/C=N/O)CCC2)cc1. The average Bonchev–Trinajstić information content (AvgIpc) is 2.68. The number of rotatable bonds is 2. The minimum Gasteiger partial charge on any atom is -0.411 e. The van der Waals surface area contributed by atoms with E-state index in [-0.39, 0.29) is 0 Å². The van der Waals surface area contributed by atoms with Crippen LogP contribution in [0.5, 0.6) is 0 Å². The first-order valence-corrected chi connectivity index (χ1v) is 5.28. The van der Waals surface area contributed by atoms with Crippen LogP contribution in [-0.4, -0.2) is 11.4 Å². The Bertz CT molecular complexity index is 401. The molecular formula is C13H15NO. The predicted molar refractivity (Wildman–Crippen MR) is 62.2 cm³/mol. The molecular weight excluding hydrogens is 186 g/mol. The van der Waals surface area contributed by atoms with Gasteiger partial charge in [0.2, 0.25) is 0 Å². The number of nitrogens with zero attached hydrogens (tertiary/aromatic N) is 1. The summed E-state index contributed by atoms with van der Waals surface area (Å²) in [6, 6.07) is 8.52. The second-order valence-corrected chi connectivity index (χ2v) is 3.97. The zero-order chi connectivity index (χ0) is 10.7. The quantitative estimate of drug-likeness (QED) is 0.444. The number of hydrogen-bond acceptors (Lipinski definition) is 2. The van der Waals surface area contributed by atoms with E-state index in [0.29, 0.717) is 0 Å². The van der Waals surface area contributed by atoms with Gasteiger partial charge < -0.3 is 5.21 Å². The Morgan fingerprint density at radius 3 is 2.60 bits per heavy atom. The molecule has 0 radical (unpaired) electrons. The second kappa shape index (κ2) is 4.30. The van der Waals surface area contributed by atoms with E-state index in [0.717, 1.165) is 19.3 Å². The van der Waals surface area contributed by atoms with Gasteiger partial charge in [-0.2, -0.15) is 0 Å². The van der Waals surface area contributed by atoms with Crippen molar-refractivity contribution in [2.24, 2.45) is 5.16 Å². The van der Waals surface area contributed by atoms with Crippen LogP contribution in [0.15, 0.2) is 35.0 Å². The third-order valence-corrected chi connectivity index (χ3v) is 2.87. The topological polar surface area (TPSA) is 32.6 Å². The molecule has 0 amide bonds. The lowest BCUT2D eigenvalue weighted by Gasteiger charge is -2.04. The van der Waals surface area contributed by atoms with Gasteiger partial charge in [0, 0.05) is 0 Å². The van der Waals surface area contributed by atoms with Crippen molar-refractivity contribution in [3.63, 3.8) is 0 Å². The Morgan fingerprint density at radius 1 is 1.20 bits per heavy atom. The standard InChI is InChI=1S/C13H15NO/c1-10-5-7-11(8-6-10)13-4-2-3-12(13)9-14-15/h5-9,15H,2-4H2,1H3/b14-9+. The van der Waals surface area contributed by atoms with Crippen LogP contribution in [0.1, 0.15) is 30.4 Å². The van der Waals surface area contributed by atoms with Crippen LogP contribution in [0, 0.1) is 6.92 Å². The normalized spacial score (nSPS) is 16.6. The molecule has 0 bridgehead atoms. The summed E-state index contributed by atoms with van der Waals surface area (Å²) in [6.45, 7) is 2.09. The van der Waals surface area contributed by atoms with Crippen LogP contribution in [0.2, 0.25) is 0 Å². The smallest absolute Gasteiger partial charge is 0.0696 e. The van der Waals surface area contributed by atoms with Crippen molar-refractivity contribution in [2.45, 2.75) is 26.2 Å². The highest BCUT2D eigenvalue weighted by Crippen LogP contribution is 2.32. The van der Waals surface area contributed by atoms with E-state index in [9.17, 15) is 0 Å². The van der Waals surface area contributed by atoms with E-state index < -0.39 is 0 Å². The van der Waals surface area contributed by atoms with E-state index in [1.165, 1.54) is 22.3 Å². The van der Waals surface area contributed by atoms with Crippen LogP contribution >= 0.6 is 0 Å². The van der Waals surface area contributed by atoms with Crippen molar-refractivity contribution in [1.29, 1.82) is 0 Å². The summed E-state index contributed by atoms with van der Waals surface area (Å²) in [5.74, 6) is 0. The second-order valence-electron chi connectivity index (χ2n) is 3.97. The summed E-state index contributed by atoms with van der Waals surface area (Å²) in [5, 5.41) is 11.7. The first-order chi connectivity index (χ1) is 7.31. The summed E-state index contributed by atoms with van der Waals surface area (Å²) in [6.07, 6.45) is 4.84. The summed E-state index contributed by atoms with van der Waals surface area (Å²) in [7, 11) is 0. The fraction of sp³-hybridized carbons (Fsp3) is 0.308. The molecule has 1 N–H and O–H groups in total. The molecule has 2 nitrogen and oxygen atoms in total. The third kappa shape index (κ3) is 2.09. The van der Waals surface area contributed by atoms with Gasteiger partial charge in [-0.15, -0.1) is 0 Å². The molecule has 0 heterocycles. The Hall–Kier alpha value is -1.57. The van der Waals surface area contributed by atoms with Crippen molar-refractivity contribution in [2.75, 3.05) is 0 Å². The van der Waals surface area contributed by atoms with Crippen molar-refractivity contribution >= 4 is 11.8 Å². The fourth-order valence-electron chi connectivity index (χ4n) is 2.06. The van der Waals surface area contributed by atoms with Gasteiger partial charge in [0.15, 0.2) is 0 Å². The molecule has 78 valence electrons. The van der Waals surface area contributed by atoms with Crippen LogP contribution in [-0.2, 0) is 0 Å². The van der Waals surface area contributed by atoms with Gasteiger partial charge in [-0.3, -0.25) is 0 Å². The summed E-state index contributed by atoms with van der Waals surface area (Å²) in [5.41, 5.74) is 5.02. The first kappa shape index (κ1) is 9.97. The van der Waals surface area contributed by atoms with Crippen molar-refractivity contribution in [3.05, 3.63) is 41.0 Å². The average molecular weight is 201 g/mol. The summed E-state index contributed by atoms with van der Waals surface area (Å²) >= 11 is 0. The molecule has 1 aliphatic rings. The van der Waals surface area contributed by atoms with Crippen LogP contribution in [0.25, 0.3) is 5.57 Å². The molecule has 0 spiro atoms. The summed E-state index contributed by atoms with van der Waals surface area (Å²) < 4.78 is 0. The first-order valence-electron chi connectivity index (χ1n) is 5.28. The molecule has 0 fully saturated rings. The van der Waals surface area contributed by atoms with Crippen molar-refractivity contribution < 1.29 is 5.21 Å². The highest BCUT2D eigenvalue weighted by atomic mass is 16.4. The number of allylic oxidation sites excluding steroid dienone is 2. The minimum absolute atomic E-state index is 1.02. The minimum atomic E-state index is 1.02. The maximum atomic E-state index is 8.57. The van der Waals surface area contributed by atoms with E-state index in [2.05, 4.69) is 36.3 Å². The van der Waals surface area contributed by atoms with Gasteiger partial charge in [0.1, 0.15) is 0 Å². The molecule has 2 rings (SSSR count). The van der Waals surface area contributed by atoms with Crippen LogP contribution in [0.4, 0.5) is 0 Å². The molecule has 0 aromatic heterocycles. The molecule has 0 atom stereocenters. The Kier molecular flexibility index (Phi) is 2.86. The van der Waals surface area contributed by atoms with E-state index in [1.807, 2.05) is 0 Å². The Balaban J connectivity index is 2.37. The molecule has 15 heavy (non-hydrogen) atoms. The lowest BCUT2D eigenvalue weighted by molar-refractivity contribution is 0.321. The zero-order valence-electron chi connectivity index (χ0n) is 8.90. The van der Waals surface area contributed by atoms with Crippen molar-refractivity contribution in [1.82, 2.24) is 0 Å². The number of aryl methyl sites for hydroxylation is 1. The van der Waals surface area contributed by atoms with Crippen LogP contribution in [0.3, 0.4) is 0 Å². The maximum Gasteiger partial charge on any atom is 0.0696 e. The number of oxime groups is 1. The van der Waals surface area contributed by atoms with Gasteiger partial charge in [-0.25, -0.2) is 0 Å². The zero-order valence-corrected chi connectivity index (χ0v) is 8.90. The third-order valence-electron chi connectivity index (χ3n) is 2.87. The Labute approximate surface area is 89.9 Å².